The largest absolute Gasteiger partial charge is 0.352 e. The molecule has 0 saturated heterocycles. The lowest BCUT2D eigenvalue weighted by Gasteiger charge is -2.12. The minimum atomic E-state index is -3.71. The summed E-state index contributed by atoms with van der Waals surface area (Å²) in [6, 6.07) is 9.19. The van der Waals surface area contributed by atoms with E-state index in [9.17, 15) is 13.2 Å². The number of hydrogen-bond donors (Lipinski definition) is 2. The molecule has 0 bridgehead atoms. The van der Waals surface area contributed by atoms with Gasteiger partial charge in [-0.15, -0.1) is 0 Å². The van der Waals surface area contributed by atoms with E-state index < -0.39 is 15.9 Å². The van der Waals surface area contributed by atoms with Crippen LogP contribution in [-0.4, -0.2) is 26.9 Å². The molecule has 2 aromatic rings. The Bertz CT molecular complexity index is 963. The number of aryl methyl sites for hydroxylation is 1. The average Bonchev–Trinajstić information content (AvgIpc) is 2.60. The molecular formula is C19H21Cl3N2O3S. The van der Waals surface area contributed by atoms with Gasteiger partial charge in [-0.05, 0) is 62.6 Å². The van der Waals surface area contributed by atoms with Gasteiger partial charge in [-0.3, -0.25) is 4.79 Å². The Hall–Kier alpha value is -1.31. The van der Waals surface area contributed by atoms with Crippen molar-refractivity contribution >= 4 is 50.7 Å². The summed E-state index contributed by atoms with van der Waals surface area (Å²) in [6.07, 6.45) is 1.38. The van der Waals surface area contributed by atoms with Crippen LogP contribution in [0.15, 0.2) is 41.3 Å². The lowest BCUT2D eigenvalue weighted by atomic mass is 10.1. The van der Waals surface area contributed by atoms with Crippen LogP contribution in [-0.2, 0) is 16.4 Å². The van der Waals surface area contributed by atoms with Gasteiger partial charge in [0, 0.05) is 12.6 Å². The molecule has 0 spiro atoms. The Morgan fingerprint density at radius 1 is 1.00 bits per heavy atom. The molecule has 0 aliphatic heterocycles. The molecule has 0 aliphatic rings. The molecule has 9 heteroatoms. The third kappa shape index (κ3) is 6.36. The Morgan fingerprint density at radius 2 is 1.68 bits per heavy atom. The molecule has 28 heavy (non-hydrogen) atoms. The SMILES string of the molecule is CC(C)NS(=O)(=O)c1ccc(Cl)c(C(=O)NCCCc2ccc(Cl)c(Cl)c2)c1. The molecule has 0 unspecified atom stereocenters. The molecule has 0 aliphatic carbocycles. The lowest BCUT2D eigenvalue weighted by molar-refractivity contribution is 0.0953. The second-order valence-corrected chi connectivity index (χ2v) is 9.46. The molecule has 152 valence electrons. The molecule has 1 amide bonds. The van der Waals surface area contributed by atoms with E-state index in [1.165, 1.54) is 18.2 Å². The molecule has 0 fully saturated rings. The maximum absolute atomic E-state index is 12.4. The highest BCUT2D eigenvalue weighted by Crippen LogP contribution is 2.23. The summed E-state index contributed by atoms with van der Waals surface area (Å²) in [5.41, 5.74) is 1.12. The minimum absolute atomic E-state index is 0.00782. The third-order valence-corrected chi connectivity index (χ3v) is 6.52. The van der Waals surface area contributed by atoms with E-state index in [0.29, 0.717) is 29.4 Å². The number of hydrogen-bond acceptors (Lipinski definition) is 3. The van der Waals surface area contributed by atoms with E-state index in [2.05, 4.69) is 10.0 Å². The first-order chi connectivity index (χ1) is 13.1. The van der Waals surface area contributed by atoms with Crippen LogP contribution in [0, 0.1) is 0 Å². The van der Waals surface area contributed by atoms with E-state index in [4.69, 9.17) is 34.8 Å². The zero-order valence-corrected chi connectivity index (χ0v) is 18.5. The van der Waals surface area contributed by atoms with Crippen LogP contribution in [0.25, 0.3) is 0 Å². The number of carbonyl (C=O) groups excluding carboxylic acids is 1. The highest BCUT2D eigenvalue weighted by atomic mass is 35.5. The number of rotatable bonds is 8. The van der Waals surface area contributed by atoms with Gasteiger partial charge in [-0.1, -0.05) is 40.9 Å². The van der Waals surface area contributed by atoms with Crippen molar-refractivity contribution in [3.63, 3.8) is 0 Å². The maximum atomic E-state index is 12.4. The van der Waals surface area contributed by atoms with E-state index in [0.717, 1.165) is 5.56 Å². The smallest absolute Gasteiger partial charge is 0.252 e. The predicted octanol–water partition coefficient (Wildman–Crippen LogP) is 4.70. The van der Waals surface area contributed by atoms with Gasteiger partial charge in [0.25, 0.3) is 5.91 Å². The van der Waals surface area contributed by atoms with Crippen LogP contribution in [0.5, 0.6) is 0 Å². The van der Waals surface area contributed by atoms with Gasteiger partial charge in [-0.25, -0.2) is 13.1 Å². The van der Waals surface area contributed by atoms with Gasteiger partial charge in [0.1, 0.15) is 0 Å². The number of sulfonamides is 1. The fourth-order valence-corrected chi connectivity index (χ4v) is 4.31. The Kier molecular flexibility index (Phi) is 8.16. The van der Waals surface area contributed by atoms with Crippen molar-refractivity contribution in [3.8, 4) is 0 Å². The molecule has 0 saturated carbocycles. The zero-order valence-electron chi connectivity index (χ0n) is 15.4. The molecule has 0 atom stereocenters. The van der Waals surface area contributed by atoms with Gasteiger partial charge in [-0.2, -0.15) is 0 Å². The minimum Gasteiger partial charge on any atom is -0.352 e. The number of benzene rings is 2. The highest BCUT2D eigenvalue weighted by molar-refractivity contribution is 7.89. The summed E-state index contributed by atoms with van der Waals surface area (Å²) in [5.74, 6) is -0.430. The van der Waals surface area contributed by atoms with Crippen LogP contribution < -0.4 is 10.0 Å². The molecule has 2 aromatic carbocycles. The second kappa shape index (κ2) is 9.94. The summed E-state index contributed by atoms with van der Waals surface area (Å²) in [7, 11) is -3.71. The van der Waals surface area contributed by atoms with Crippen LogP contribution in [0.3, 0.4) is 0 Å². The Morgan fingerprint density at radius 3 is 2.32 bits per heavy atom. The fraction of sp³-hybridized carbons (Fsp3) is 0.316. The standard InChI is InChI=1S/C19H21Cl3N2O3S/c1-12(2)24-28(26,27)14-6-8-16(20)15(11-14)19(25)23-9-3-4-13-5-7-17(21)18(22)10-13/h5-8,10-12,24H,3-4,9H2,1-2H3,(H,23,25). The fourth-order valence-electron chi connectivity index (χ4n) is 2.51. The number of amides is 1. The third-order valence-electron chi connectivity index (χ3n) is 3.80. The van der Waals surface area contributed by atoms with Crippen molar-refractivity contribution in [2.75, 3.05) is 6.54 Å². The van der Waals surface area contributed by atoms with E-state index in [1.54, 1.807) is 26.0 Å². The van der Waals surface area contributed by atoms with Crippen molar-refractivity contribution in [2.24, 2.45) is 0 Å². The average molecular weight is 464 g/mol. The number of halogens is 3. The monoisotopic (exact) mass is 462 g/mol. The first-order valence-corrected chi connectivity index (χ1v) is 11.3. The van der Waals surface area contributed by atoms with Crippen LogP contribution in [0.1, 0.15) is 36.2 Å². The summed E-state index contributed by atoms with van der Waals surface area (Å²) >= 11 is 18.0. The first-order valence-electron chi connectivity index (χ1n) is 8.64. The second-order valence-electron chi connectivity index (χ2n) is 6.53. The number of carbonyl (C=O) groups is 1. The molecule has 2 N–H and O–H groups in total. The quantitative estimate of drug-likeness (QED) is 0.557. The van der Waals surface area contributed by atoms with Crippen LogP contribution >= 0.6 is 34.8 Å². The Labute approximate surface area is 180 Å². The predicted molar refractivity (Wildman–Crippen MR) is 114 cm³/mol. The van der Waals surface area contributed by atoms with Gasteiger partial charge in [0.15, 0.2) is 0 Å². The molecule has 0 radical (unpaired) electrons. The topological polar surface area (TPSA) is 75.3 Å². The van der Waals surface area contributed by atoms with Crippen molar-refractivity contribution in [1.29, 1.82) is 0 Å². The number of nitrogens with one attached hydrogen (secondary N) is 2. The van der Waals surface area contributed by atoms with Crippen LogP contribution in [0.4, 0.5) is 0 Å². The van der Waals surface area contributed by atoms with Crippen LogP contribution in [0.2, 0.25) is 15.1 Å². The first kappa shape index (κ1) is 23.0. The van der Waals surface area contributed by atoms with Gasteiger partial charge < -0.3 is 5.32 Å². The van der Waals surface area contributed by atoms with Gasteiger partial charge in [0.05, 0.1) is 25.5 Å². The molecular weight excluding hydrogens is 443 g/mol. The summed E-state index contributed by atoms with van der Waals surface area (Å²) in [6.45, 7) is 3.83. The summed E-state index contributed by atoms with van der Waals surface area (Å²) in [4.78, 5) is 12.4. The maximum Gasteiger partial charge on any atom is 0.252 e. The molecule has 0 heterocycles. The van der Waals surface area contributed by atoms with Gasteiger partial charge in [0.2, 0.25) is 10.0 Å². The van der Waals surface area contributed by atoms with E-state index in [-0.39, 0.29) is 21.5 Å². The van der Waals surface area contributed by atoms with E-state index in [1.807, 2.05) is 6.07 Å². The normalized spacial score (nSPS) is 11.6. The van der Waals surface area contributed by atoms with Crippen molar-refractivity contribution < 1.29 is 13.2 Å². The zero-order chi connectivity index (χ0) is 20.9. The van der Waals surface area contributed by atoms with Crippen molar-refractivity contribution in [3.05, 3.63) is 62.6 Å². The molecule has 2 rings (SSSR count). The van der Waals surface area contributed by atoms with Crippen molar-refractivity contribution in [1.82, 2.24) is 10.0 Å². The van der Waals surface area contributed by atoms with Crippen molar-refractivity contribution in [2.45, 2.75) is 37.6 Å². The van der Waals surface area contributed by atoms with Gasteiger partial charge >= 0.3 is 0 Å². The summed E-state index contributed by atoms with van der Waals surface area (Å²) in [5, 5.41) is 3.93. The molecule has 0 aromatic heterocycles. The Balaban J connectivity index is 1.99. The summed E-state index contributed by atoms with van der Waals surface area (Å²) < 4.78 is 27.1. The highest BCUT2D eigenvalue weighted by Gasteiger charge is 2.19. The van der Waals surface area contributed by atoms with E-state index >= 15 is 0 Å². The lowest BCUT2D eigenvalue weighted by Crippen LogP contribution is -2.31. The molecule has 5 nitrogen and oxygen atoms in total.